The van der Waals surface area contributed by atoms with Crippen LogP contribution < -0.4 is 0 Å². The van der Waals surface area contributed by atoms with Crippen molar-refractivity contribution < 1.29 is 47.8 Å². The minimum absolute atomic E-state index is 0.158. The Morgan fingerprint density at radius 3 is 1.61 bits per heavy atom. The molecule has 46 heavy (non-hydrogen) atoms. The van der Waals surface area contributed by atoms with E-state index in [1.807, 2.05) is 0 Å². The minimum Gasteiger partial charge on any atom is -0.462 e. The fourth-order valence-corrected chi connectivity index (χ4v) is 5.60. The van der Waals surface area contributed by atoms with Crippen LogP contribution in [0.1, 0.15) is 162 Å². The summed E-state index contributed by atoms with van der Waals surface area (Å²) >= 11 is 0. The molecule has 0 aromatic carbocycles. The zero-order valence-corrected chi connectivity index (χ0v) is 29.9. The van der Waals surface area contributed by atoms with Gasteiger partial charge in [-0.1, -0.05) is 122 Å². The first-order valence-corrected chi connectivity index (χ1v) is 19.6. The molecule has 0 aliphatic heterocycles. The topological polar surface area (TPSA) is 149 Å². The molecule has 0 aliphatic rings. The normalized spacial score (nSPS) is 14.3. The van der Waals surface area contributed by atoms with Gasteiger partial charge in [0.05, 0.1) is 19.8 Å². The van der Waals surface area contributed by atoms with Gasteiger partial charge in [-0.2, -0.15) is 0 Å². The van der Waals surface area contributed by atoms with E-state index in [9.17, 15) is 24.2 Å². The Bertz CT molecular complexity index is 791. The van der Waals surface area contributed by atoms with Crippen LogP contribution in [0.2, 0.25) is 0 Å². The predicted molar refractivity (Wildman–Crippen MR) is 182 cm³/mol. The third-order valence-electron chi connectivity index (χ3n) is 7.67. The maximum absolute atomic E-state index is 12.5. The molecule has 1 unspecified atom stereocenters. The maximum Gasteiger partial charge on any atom is 0.472 e. The van der Waals surface area contributed by atoms with Gasteiger partial charge in [-0.15, -0.1) is 0 Å². The molecule has 0 aliphatic carbocycles. The Kier molecular flexibility index (Phi) is 31.4. The van der Waals surface area contributed by atoms with Gasteiger partial charge in [0, 0.05) is 12.8 Å². The molecule has 0 saturated heterocycles. The first kappa shape index (κ1) is 44.7. The number of phosphoric ester groups is 1. The van der Waals surface area contributed by atoms with Gasteiger partial charge < -0.3 is 24.6 Å². The molecule has 0 spiro atoms. The molecule has 0 bridgehead atoms. The third kappa shape index (κ3) is 31.3. The number of hydrogen-bond acceptors (Lipinski definition) is 9. The van der Waals surface area contributed by atoms with Crippen LogP contribution in [0.5, 0.6) is 0 Å². The molecule has 0 radical (unpaired) electrons. The Hall–Kier alpha value is -1.29. The lowest BCUT2D eigenvalue weighted by molar-refractivity contribution is -0.161. The van der Waals surface area contributed by atoms with Gasteiger partial charge in [0.2, 0.25) is 0 Å². The number of allylic oxidation sites excluding steroid dienone is 2. The Morgan fingerprint density at radius 2 is 1.07 bits per heavy atom. The Morgan fingerprint density at radius 1 is 0.630 bits per heavy atom. The number of carbonyl (C=O) groups excluding carboxylic acids is 2. The number of unbranched alkanes of at least 4 members (excludes halogenated alkanes) is 18. The molecule has 0 aromatic heterocycles. The molecule has 10 nitrogen and oxygen atoms in total. The molecule has 3 atom stereocenters. The maximum atomic E-state index is 12.5. The number of aliphatic hydroxyl groups excluding tert-OH is 2. The molecule has 0 saturated carbocycles. The number of ether oxygens (including phenoxy) is 2. The summed E-state index contributed by atoms with van der Waals surface area (Å²) in [5.74, 6) is -0.952. The lowest BCUT2D eigenvalue weighted by atomic mass is 10.1. The van der Waals surface area contributed by atoms with E-state index in [1.54, 1.807) is 0 Å². The van der Waals surface area contributed by atoms with Gasteiger partial charge in [0.1, 0.15) is 12.7 Å². The average Bonchev–Trinajstić information content (AvgIpc) is 3.04. The van der Waals surface area contributed by atoms with E-state index < -0.39 is 51.8 Å². The summed E-state index contributed by atoms with van der Waals surface area (Å²) in [6.07, 6.45) is 26.3. The second kappa shape index (κ2) is 32.3. The van der Waals surface area contributed by atoms with E-state index in [-0.39, 0.29) is 19.4 Å². The van der Waals surface area contributed by atoms with Gasteiger partial charge in [-0.3, -0.25) is 18.6 Å². The molecular formula is C35H67O10P. The largest absolute Gasteiger partial charge is 0.472 e. The van der Waals surface area contributed by atoms with E-state index >= 15 is 0 Å². The number of carbonyl (C=O) groups is 2. The van der Waals surface area contributed by atoms with Crippen molar-refractivity contribution in [2.75, 3.05) is 26.4 Å². The summed E-state index contributed by atoms with van der Waals surface area (Å²) in [7, 11) is -4.60. The van der Waals surface area contributed by atoms with Gasteiger partial charge in [0.15, 0.2) is 6.10 Å². The highest BCUT2D eigenvalue weighted by atomic mass is 31.2. The second-order valence-electron chi connectivity index (χ2n) is 12.3. The molecule has 0 rings (SSSR count). The molecule has 0 fully saturated rings. The van der Waals surface area contributed by atoms with Crippen LogP contribution in [-0.4, -0.2) is 65.7 Å². The van der Waals surface area contributed by atoms with Crippen molar-refractivity contribution in [2.45, 2.75) is 174 Å². The van der Waals surface area contributed by atoms with Crippen molar-refractivity contribution in [3.8, 4) is 0 Å². The minimum atomic E-state index is -4.60. The fourth-order valence-electron chi connectivity index (χ4n) is 4.81. The molecule has 0 aromatic rings. The summed E-state index contributed by atoms with van der Waals surface area (Å²) in [5, 5.41) is 18.2. The second-order valence-corrected chi connectivity index (χ2v) is 13.7. The van der Waals surface area contributed by atoms with Crippen LogP contribution in [0.25, 0.3) is 0 Å². The first-order chi connectivity index (χ1) is 22.2. The predicted octanol–water partition coefficient (Wildman–Crippen LogP) is 8.50. The van der Waals surface area contributed by atoms with E-state index in [0.717, 1.165) is 38.5 Å². The molecule has 0 heterocycles. The number of aliphatic hydroxyl groups is 2. The Balaban J connectivity index is 4.39. The van der Waals surface area contributed by atoms with Crippen molar-refractivity contribution >= 4 is 19.8 Å². The van der Waals surface area contributed by atoms with Crippen LogP contribution in [0.3, 0.4) is 0 Å². The van der Waals surface area contributed by atoms with Crippen LogP contribution in [0.15, 0.2) is 12.2 Å². The summed E-state index contributed by atoms with van der Waals surface area (Å²) < 4.78 is 32.4. The highest BCUT2D eigenvalue weighted by Gasteiger charge is 2.27. The van der Waals surface area contributed by atoms with Crippen molar-refractivity contribution in [2.24, 2.45) is 0 Å². The monoisotopic (exact) mass is 678 g/mol. The van der Waals surface area contributed by atoms with Crippen LogP contribution in [0, 0.1) is 0 Å². The molecule has 272 valence electrons. The summed E-state index contributed by atoms with van der Waals surface area (Å²) in [5.41, 5.74) is 0. The van der Waals surface area contributed by atoms with Crippen molar-refractivity contribution in [3.63, 3.8) is 0 Å². The third-order valence-corrected chi connectivity index (χ3v) is 8.62. The van der Waals surface area contributed by atoms with E-state index in [0.29, 0.717) is 12.8 Å². The Labute approximate surface area is 279 Å². The lowest BCUT2D eigenvalue weighted by Gasteiger charge is -2.20. The van der Waals surface area contributed by atoms with Crippen LogP contribution in [0.4, 0.5) is 0 Å². The van der Waals surface area contributed by atoms with E-state index in [4.69, 9.17) is 19.1 Å². The highest BCUT2D eigenvalue weighted by molar-refractivity contribution is 7.47. The van der Waals surface area contributed by atoms with Crippen LogP contribution >= 0.6 is 7.82 Å². The zero-order chi connectivity index (χ0) is 34.1. The van der Waals surface area contributed by atoms with Gasteiger partial charge in [-0.25, -0.2) is 4.57 Å². The fraction of sp³-hybridized carbons (Fsp3) is 0.886. The highest BCUT2D eigenvalue weighted by Crippen LogP contribution is 2.43. The number of esters is 2. The SMILES string of the molecule is CCCCCCCCCCC/C=C/CCCCC(=O)O[C@H](COC(=O)CCCCCCCCCC)COP(=O)(O)OC[C@@H](O)CO. The molecular weight excluding hydrogens is 611 g/mol. The summed E-state index contributed by atoms with van der Waals surface area (Å²) in [6, 6.07) is 0. The smallest absolute Gasteiger partial charge is 0.462 e. The van der Waals surface area contributed by atoms with E-state index in [2.05, 4.69) is 30.5 Å². The van der Waals surface area contributed by atoms with Crippen LogP contribution in [-0.2, 0) is 32.7 Å². The van der Waals surface area contributed by atoms with Gasteiger partial charge >= 0.3 is 19.8 Å². The quantitative estimate of drug-likeness (QED) is 0.0262. The summed E-state index contributed by atoms with van der Waals surface area (Å²) in [6.45, 7) is 2.30. The zero-order valence-electron chi connectivity index (χ0n) is 29.0. The molecule has 11 heteroatoms. The van der Waals surface area contributed by atoms with Crippen molar-refractivity contribution in [1.29, 1.82) is 0 Å². The first-order valence-electron chi connectivity index (χ1n) is 18.1. The molecule has 0 amide bonds. The summed E-state index contributed by atoms with van der Waals surface area (Å²) in [4.78, 5) is 34.6. The standard InChI is InChI=1S/C35H67O10P/c1-3-5-7-9-11-13-14-15-16-17-18-19-21-23-25-27-35(39)45-33(31-44-46(40,41)43-29-32(37)28-36)30-42-34(38)26-24-22-20-12-10-8-6-4-2/h18-19,32-33,36-37H,3-17,20-31H2,1-2H3,(H,40,41)/b19-18+/t32-,33+/m0/s1. The van der Waals surface area contributed by atoms with Crippen molar-refractivity contribution in [1.82, 2.24) is 0 Å². The lowest BCUT2D eigenvalue weighted by Crippen LogP contribution is -2.29. The van der Waals surface area contributed by atoms with Gasteiger partial charge in [-0.05, 0) is 38.5 Å². The van der Waals surface area contributed by atoms with Crippen molar-refractivity contribution in [3.05, 3.63) is 12.2 Å². The number of phosphoric acid groups is 1. The number of rotatable bonds is 34. The van der Waals surface area contributed by atoms with E-state index in [1.165, 1.54) is 83.5 Å². The number of hydrogen-bond donors (Lipinski definition) is 3. The average molecular weight is 679 g/mol. The van der Waals surface area contributed by atoms with Gasteiger partial charge in [0.25, 0.3) is 0 Å². The molecule has 3 N–H and O–H groups in total.